The zero-order chi connectivity index (χ0) is 16.7. The van der Waals surface area contributed by atoms with E-state index in [4.69, 9.17) is 5.11 Å². The topological polar surface area (TPSA) is 52.6 Å². The number of nitrogens with one attached hydrogen (secondary N) is 1. The average Bonchev–Trinajstić information content (AvgIpc) is 2.95. The molecule has 1 fully saturated rings. The minimum atomic E-state index is -0.581. The first-order valence-electron chi connectivity index (χ1n) is 8.16. The SMILES string of the molecule is O=C(CN1CCCC1CCCO)NCCc1c(F)cccc1F. The highest BCUT2D eigenvalue weighted by atomic mass is 19.1. The highest BCUT2D eigenvalue weighted by molar-refractivity contribution is 5.78. The summed E-state index contributed by atoms with van der Waals surface area (Å²) in [6.07, 6.45) is 3.88. The number of amides is 1. The van der Waals surface area contributed by atoms with Crippen LogP contribution in [0.15, 0.2) is 18.2 Å². The molecule has 2 rings (SSSR count). The number of halogens is 2. The zero-order valence-corrected chi connectivity index (χ0v) is 13.2. The van der Waals surface area contributed by atoms with Crippen LogP contribution in [0.2, 0.25) is 0 Å². The van der Waals surface area contributed by atoms with Crippen molar-refractivity contribution in [1.29, 1.82) is 0 Å². The van der Waals surface area contributed by atoms with Crippen molar-refractivity contribution in [2.75, 3.05) is 26.2 Å². The lowest BCUT2D eigenvalue weighted by Gasteiger charge is -2.23. The van der Waals surface area contributed by atoms with Gasteiger partial charge in [0.2, 0.25) is 5.91 Å². The molecule has 1 amide bonds. The second-order valence-corrected chi connectivity index (χ2v) is 5.93. The summed E-state index contributed by atoms with van der Waals surface area (Å²) in [4.78, 5) is 14.1. The van der Waals surface area contributed by atoms with E-state index >= 15 is 0 Å². The molecule has 0 aliphatic carbocycles. The van der Waals surface area contributed by atoms with Gasteiger partial charge in [0, 0.05) is 24.8 Å². The normalized spacial score (nSPS) is 18.3. The van der Waals surface area contributed by atoms with Gasteiger partial charge in [0.25, 0.3) is 0 Å². The molecule has 6 heteroatoms. The Labute approximate surface area is 135 Å². The number of hydrogen-bond acceptors (Lipinski definition) is 3. The number of carbonyl (C=O) groups excluding carboxylic acids is 1. The van der Waals surface area contributed by atoms with Gasteiger partial charge in [-0.1, -0.05) is 6.07 Å². The van der Waals surface area contributed by atoms with E-state index in [0.717, 1.165) is 32.2 Å². The molecular weight excluding hydrogens is 302 g/mol. The summed E-state index contributed by atoms with van der Waals surface area (Å²) in [7, 11) is 0. The fourth-order valence-corrected chi connectivity index (χ4v) is 3.10. The number of carbonyl (C=O) groups is 1. The molecule has 0 aromatic heterocycles. The van der Waals surface area contributed by atoms with E-state index in [2.05, 4.69) is 10.2 Å². The second kappa shape index (κ2) is 8.93. The number of aliphatic hydroxyl groups excluding tert-OH is 1. The molecule has 0 saturated carbocycles. The molecule has 0 radical (unpaired) electrons. The van der Waals surface area contributed by atoms with Gasteiger partial charge in [0.15, 0.2) is 0 Å². The predicted molar refractivity (Wildman–Crippen MR) is 84.0 cm³/mol. The predicted octanol–water partition coefficient (Wildman–Crippen LogP) is 1.86. The van der Waals surface area contributed by atoms with Crippen LogP contribution in [0.3, 0.4) is 0 Å². The molecule has 1 heterocycles. The lowest BCUT2D eigenvalue weighted by Crippen LogP contribution is -2.40. The molecule has 0 spiro atoms. The van der Waals surface area contributed by atoms with Crippen LogP contribution in [0.25, 0.3) is 0 Å². The Balaban J connectivity index is 1.75. The van der Waals surface area contributed by atoms with Crippen LogP contribution >= 0.6 is 0 Å². The quantitative estimate of drug-likeness (QED) is 0.767. The van der Waals surface area contributed by atoms with Crippen molar-refractivity contribution in [2.45, 2.75) is 38.1 Å². The molecule has 1 aromatic rings. The largest absolute Gasteiger partial charge is 0.396 e. The molecule has 0 bridgehead atoms. The van der Waals surface area contributed by atoms with E-state index in [9.17, 15) is 13.6 Å². The minimum absolute atomic E-state index is 0.00907. The first-order valence-corrected chi connectivity index (χ1v) is 8.16. The van der Waals surface area contributed by atoms with E-state index in [1.54, 1.807) is 0 Å². The van der Waals surface area contributed by atoms with Crippen molar-refractivity contribution in [3.8, 4) is 0 Å². The van der Waals surface area contributed by atoms with E-state index in [0.29, 0.717) is 12.6 Å². The van der Waals surface area contributed by atoms with Crippen LogP contribution in [-0.2, 0) is 11.2 Å². The van der Waals surface area contributed by atoms with Crippen molar-refractivity contribution >= 4 is 5.91 Å². The molecule has 1 aliphatic rings. The molecule has 1 aromatic carbocycles. The van der Waals surface area contributed by atoms with Crippen LogP contribution in [0.1, 0.15) is 31.2 Å². The van der Waals surface area contributed by atoms with Gasteiger partial charge in [-0.05, 0) is 50.8 Å². The summed E-state index contributed by atoms with van der Waals surface area (Å²) in [5.74, 6) is -1.29. The summed E-state index contributed by atoms with van der Waals surface area (Å²) in [5, 5.41) is 11.6. The Morgan fingerprint density at radius 2 is 2.09 bits per heavy atom. The maximum absolute atomic E-state index is 13.5. The average molecular weight is 326 g/mol. The summed E-state index contributed by atoms with van der Waals surface area (Å²) >= 11 is 0. The van der Waals surface area contributed by atoms with E-state index in [1.807, 2.05) is 0 Å². The molecule has 1 unspecified atom stereocenters. The Morgan fingerprint density at radius 3 is 2.78 bits per heavy atom. The fourth-order valence-electron chi connectivity index (χ4n) is 3.10. The second-order valence-electron chi connectivity index (χ2n) is 5.93. The van der Waals surface area contributed by atoms with Gasteiger partial charge in [-0.15, -0.1) is 0 Å². The lowest BCUT2D eigenvalue weighted by atomic mass is 10.1. The Kier molecular flexibility index (Phi) is 6.92. The smallest absolute Gasteiger partial charge is 0.234 e. The van der Waals surface area contributed by atoms with Crippen molar-refractivity contribution in [2.24, 2.45) is 0 Å². The number of hydrogen-bond donors (Lipinski definition) is 2. The third-order valence-electron chi connectivity index (χ3n) is 4.30. The Bertz CT molecular complexity index is 505. The number of benzene rings is 1. The van der Waals surface area contributed by atoms with Gasteiger partial charge in [0.05, 0.1) is 6.54 Å². The van der Waals surface area contributed by atoms with Gasteiger partial charge in [-0.2, -0.15) is 0 Å². The van der Waals surface area contributed by atoms with Gasteiger partial charge >= 0.3 is 0 Å². The molecule has 4 nitrogen and oxygen atoms in total. The third-order valence-corrected chi connectivity index (χ3v) is 4.30. The van der Waals surface area contributed by atoms with Crippen LogP contribution in [0.4, 0.5) is 8.78 Å². The van der Waals surface area contributed by atoms with Gasteiger partial charge in [0.1, 0.15) is 11.6 Å². The van der Waals surface area contributed by atoms with Crippen molar-refractivity contribution in [3.05, 3.63) is 35.4 Å². The van der Waals surface area contributed by atoms with Crippen molar-refractivity contribution in [3.63, 3.8) is 0 Å². The highest BCUT2D eigenvalue weighted by Crippen LogP contribution is 2.20. The molecule has 1 atom stereocenters. The monoisotopic (exact) mass is 326 g/mol. The van der Waals surface area contributed by atoms with E-state index in [-0.39, 0.29) is 31.0 Å². The van der Waals surface area contributed by atoms with E-state index in [1.165, 1.54) is 18.2 Å². The first kappa shape index (κ1) is 17.8. The zero-order valence-electron chi connectivity index (χ0n) is 13.2. The van der Waals surface area contributed by atoms with Crippen LogP contribution < -0.4 is 5.32 Å². The lowest BCUT2D eigenvalue weighted by molar-refractivity contribution is -0.122. The maximum atomic E-state index is 13.5. The summed E-state index contributed by atoms with van der Waals surface area (Å²) in [6.45, 7) is 1.57. The molecule has 1 aliphatic heterocycles. The van der Waals surface area contributed by atoms with Crippen LogP contribution in [0.5, 0.6) is 0 Å². The molecular formula is C17H24F2N2O2. The maximum Gasteiger partial charge on any atom is 0.234 e. The third kappa shape index (κ3) is 5.25. The summed E-state index contributed by atoms with van der Waals surface area (Å²) in [6, 6.07) is 4.11. The molecule has 2 N–H and O–H groups in total. The van der Waals surface area contributed by atoms with Gasteiger partial charge in [-0.25, -0.2) is 8.78 Å². The standard InChI is InChI=1S/C17H24F2N2O2/c18-15-6-1-7-16(19)14(15)8-9-20-17(23)12-21-10-2-4-13(21)5-3-11-22/h1,6-7,13,22H,2-5,8-12H2,(H,20,23). The first-order chi connectivity index (χ1) is 11.1. The fraction of sp³-hybridized carbons (Fsp3) is 0.588. The van der Waals surface area contributed by atoms with Crippen molar-refractivity contribution < 1.29 is 18.7 Å². The molecule has 23 heavy (non-hydrogen) atoms. The van der Waals surface area contributed by atoms with Crippen LogP contribution in [0, 0.1) is 11.6 Å². The highest BCUT2D eigenvalue weighted by Gasteiger charge is 2.25. The summed E-state index contributed by atoms with van der Waals surface area (Å²) < 4.78 is 27.0. The Hall–Kier alpha value is -1.53. The number of rotatable bonds is 8. The van der Waals surface area contributed by atoms with Crippen molar-refractivity contribution in [1.82, 2.24) is 10.2 Å². The Morgan fingerprint density at radius 1 is 1.35 bits per heavy atom. The molecule has 128 valence electrons. The van der Waals surface area contributed by atoms with Gasteiger partial charge < -0.3 is 10.4 Å². The summed E-state index contributed by atoms with van der Waals surface area (Å²) in [5.41, 5.74) is 0.00907. The molecule has 1 saturated heterocycles. The van der Waals surface area contributed by atoms with Crippen LogP contribution in [-0.4, -0.2) is 48.2 Å². The number of aliphatic hydroxyl groups is 1. The number of likely N-dealkylation sites (tertiary alicyclic amines) is 1. The minimum Gasteiger partial charge on any atom is -0.396 e. The number of nitrogens with zero attached hydrogens (tertiary/aromatic N) is 1. The van der Waals surface area contributed by atoms with Gasteiger partial charge in [-0.3, -0.25) is 9.69 Å². The van der Waals surface area contributed by atoms with E-state index < -0.39 is 11.6 Å².